The van der Waals surface area contributed by atoms with Crippen LogP contribution in [0.4, 0.5) is 51.3 Å². The van der Waals surface area contributed by atoms with Crippen LogP contribution in [0.5, 0.6) is 11.6 Å². The molecule has 0 saturated carbocycles. The Hall–Kier alpha value is -4.08. The summed E-state index contributed by atoms with van der Waals surface area (Å²) in [6, 6.07) is 3.04. The number of halogens is 8. The molecule has 4 N–H and O–H groups in total. The molecular weight excluding hydrogens is 668 g/mol. The van der Waals surface area contributed by atoms with Crippen molar-refractivity contribution in [3.05, 3.63) is 24.4 Å². The minimum atomic E-state index is -5.16. The summed E-state index contributed by atoms with van der Waals surface area (Å²) in [5, 5.41) is 7.60. The Balaban J connectivity index is 2.03. The lowest BCUT2D eigenvalue weighted by atomic mass is 10.0. The Labute approximate surface area is 256 Å². The highest BCUT2D eigenvalue weighted by atomic mass is 32.2. The van der Waals surface area contributed by atoms with Gasteiger partial charge in [-0.2, -0.15) is 35.1 Å². The molecule has 0 fully saturated rings. The van der Waals surface area contributed by atoms with Crippen LogP contribution in [-0.4, -0.2) is 79.5 Å². The van der Waals surface area contributed by atoms with Gasteiger partial charge in [0.15, 0.2) is 10.4 Å². The van der Waals surface area contributed by atoms with Crippen LogP contribution in [0.15, 0.2) is 29.3 Å². The second-order valence-electron chi connectivity index (χ2n) is 10.4. The second kappa shape index (κ2) is 12.6. The van der Waals surface area contributed by atoms with E-state index < -0.39 is 87.8 Å². The van der Waals surface area contributed by atoms with Crippen molar-refractivity contribution in [3.63, 3.8) is 0 Å². The van der Waals surface area contributed by atoms with Crippen molar-refractivity contribution in [2.45, 2.75) is 75.3 Å². The van der Waals surface area contributed by atoms with Crippen molar-refractivity contribution in [1.29, 1.82) is 0 Å². The topological polar surface area (TPSA) is 167 Å². The third kappa shape index (κ3) is 7.65. The number of alkyl halides is 8. The third-order valence-electron chi connectivity index (χ3n) is 6.51. The Bertz CT molecular complexity index is 1560. The van der Waals surface area contributed by atoms with Crippen molar-refractivity contribution in [3.8, 4) is 11.6 Å². The highest BCUT2D eigenvalue weighted by molar-refractivity contribution is 7.93. The summed E-state index contributed by atoms with van der Waals surface area (Å²) >= 11 is 0. The van der Waals surface area contributed by atoms with Gasteiger partial charge in [-0.3, -0.25) is 19.1 Å². The molecule has 0 unspecified atom stereocenters. The Morgan fingerprint density at radius 3 is 2.30 bits per heavy atom. The number of hydrogen-bond donors (Lipinski definition) is 3. The highest BCUT2D eigenvalue weighted by Gasteiger charge is 2.54. The molecule has 1 aliphatic rings. The molecule has 2 aromatic rings. The first-order chi connectivity index (χ1) is 20.9. The molecule has 258 valence electrons. The van der Waals surface area contributed by atoms with E-state index in [9.17, 15) is 53.1 Å². The van der Waals surface area contributed by atoms with Crippen molar-refractivity contribution in [1.82, 2.24) is 15.1 Å². The molecule has 2 atom stereocenters. The summed E-state index contributed by atoms with van der Waals surface area (Å²) in [6.45, 7) is -1.94. The lowest BCUT2D eigenvalue weighted by molar-refractivity contribution is -0.242. The van der Waals surface area contributed by atoms with Crippen molar-refractivity contribution >= 4 is 33.4 Å². The molecule has 13 nitrogen and oxygen atoms in total. The van der Waals surface area contributed by atoms with Crippen molar-refractivity contribution < 1.29 is 67.3 Å². The van der Waals surface area contributed by atoms with Gasteiger partial charge in [-0.05, 0) is 45.9 Å². The number of fused-ring (bicyclic) bond motifs is 1. The van der Waals surface area contributed by atoms with E-state index in [0.717, 1.165) is 29.1 Å². The summed E-state index contributed by atoms with van der Waals surface area (Å²) in [5.74, 6) is -3.00. The van der Waals surface area contributed by atoms with Gasteiger partial charge in [0.25, 0.3) is 15.9 Å². The molecule has 0 saturated heterocycles. The minimum absolute atomic E-state index is 0.00495. The number of aryl methyl sites for hydroxylation is 1. The van der Waals surface area contributed by atoms with Crippen LogP contribution >= 0.6 is 0 Å². The number of rotatable bonds is 10. The molecule has 3 rings (SSSR count). The lowest BCUT2D eigenvalue weighted by Crippen LogP contribution is -2.62. The first kappa shape index (κ1) is 36.4. The van der Waals surface area contributed by atoms with E-state index in [-0.39, 0.29) is 18.0 Å². The number of carbonyl (C=O) groups excluding carboxylic acids is 2. The van der Waals surface area contributed by atoms with Gasteiger partial charge in [0.05, 0.1) is 18.8 Å². The van der Waals surface area contributed by atoms with Crippen LogP contribution in [0.1, 0.15) is 27.7 Å². The van der Waals surface area contributed by atoms with E-state index in [4.69, 9.17) is 10.5 Å². The SMILES string of the molecule is CCn1cc(S(=O)(=O)N2C[C@H](CNC(=O)[C@](C)(N)C(F)(F)F)Oc3ccc(NC(=O)OC(C)(C)C(F)(F)F)cc32)c(OC(F)F)n1. The molecule has 1 aliphatic heterocycles. The van der Waals surface area contributed by atoms with Gasteiger partial charge in [0.2, 0.25) is 11.5 Å². The molecule has 2 heterocycles. The molecule has 0 radical (unpaired) electrons. The number of nitrogens with one attached hydrogen (secondary N) is 2. The fraction of sp³-hybridized carbons (Fsp3) is 0.542. The van der Waals surface area contributed by atoms with E-state index in [2.05, 4.69) is 14.6 Å². The zero-order valence-electron chi connectivity index (χ0n) is 24.3. The number of carbonyl (C=O) groups is 2. The smallest absolute Gasteiger partial charge is 0.427 e. The van der Waals surface area contributed by atoms with Crippen LogP contribution in [0, 0.1) is 0 Å². The van der Waals surface area contributed by atoms with Crippen LogP contribution in [0.25, 0.3) is 0 Å². The lowest BCUT2D eigenvalue weighted by Gasteiger charge is -2.36. The van der Waals surface area contributed by atoms with E-state index in [1.807, 2.05) is 10.6 Å². The number of nitrogens with zero attached hydrogens (tertiary/aromatic N) is 3. The van der Waals surface area contributed by atoms with E-state index >= 15 is 0 Å². The first-order valence-corrected chi connectivity index (χ1v) is 14.4. The fourth-order valence-corrected chi connectivity index (χ4v) is 5.25. The number of anilines is 2. The number of ether oxygens (including phenoxy) is 3. The van der Waals surface area contributed by atoms with Crippen LogP contribution in [0.3, 0.4) is 0 Å². The quantitative estimate of drug-likeness (QED) is 0.314. The molecule has 46 heavy (non-hydrogen) atoms. The monoisotopic (exact) mass is 696 g/mol. The number of hydrogen-bond acceptors (Lipinski definition) is 9. The average molecular weight is 697 g/mol. The minimum Gasteiger partial charge on any atom is -0.484 e. The largest absolute Gasteiger partial charge is 0.484 e. The number of aromatic nitrogens is 2. The van der Waals surface area contributed by atoms with Crippen molar-refractivity contribution in [2.24, 2.45) is 5.73 Å². The van der Waals surface area contributed by atoms with E-state index in [0.29, 0.717) is 25.1 Å². The second-order valence-corrected chi connectivity index (χ2v) is 12.3. The van der Waals surface area contributed by atoms with Gasteiger partial charge in [-0.15, -0.1) is 5.10 Å². The van der Waals surface area contributed by atoms with Gasteiger partial charge in [-0.25, -0.2) is 13.2 Å². The summed E-state index contributed by atoms with van der Waals surface area (Å²) in [7, 11) is -4.96. The molecule has 0 aliphatic carbocycles. The molecule has 2 amide bonds. The Morgan fingerprint density at radius 1 is 1.13 bits per heavy atom. The first-order valence-electron chi connectivity index (χ1n) is 13.0. The number of sulfonamides is 1. The number of amides is 2. The number of benzene rings is 1. The van der Waals surface area contributed by atoms with Crippen molar-refractivity contribution in [2.75, 3.05) is 22.7 Å². The molecule has 1 aromatic heterocycles. The molecule has 0 spiro atoms. The predicted octanol–water partition coefficient (Wildman–Crippen LogP) is 3.75. The third-order valence-corrected chi connectivity index (χ3v) is 8.27. The summed E-state index contributed by atoms with van der Waals surface area (Å²) in [4.78, 5) is 23.6. The molecule has 22 heteroatoms. The highest BCUT2D eigenvalue weighted by Crippen LogP contribution is 2.41. The molecular formula is C24H28F8N6O7S. The van der Waals surface area contributed by atoms with Gasteiger partial charge >= 0.3 is 25.1 Å². The standard InChI is InChI=1S/C24H28F8N6O7S/c1-5-37-11-16(17(36-37)44-19(25)26)46(41,42)38-10-13(9-34-18(39)22(4,33)24(30,31)32)43-15-7-6-12(8-14(15)38)35-20(40)45-21(2,3)23(27,28)29/h6-8,11,13,19H,5,9-10,33H2,1-4H3,(H,34,39)(H,35,40)/t13-,22-/m0/s1. The van der Waals surface area contributed by atoms with Crippen LogP contribution in [0.2, 0.25) is 0 Å². The maximum atomic E-state index is 13.9. The summed E-state index contributed by atoms with van der Waals surface area (Å²) < 4.78 is 149. The predicted molar refractivity (Wildman–Crippen MR) is 142 cm³/mol. The van der Waals surface area contributed by atoms with E-state index in [1.165, 1.54) is 6.92 Å². The van der Waals surface area contributed by atoms with E-state index in [1.54, 1.807) is 0 Å². The average Bonchev–Trinajstić information content (AvgIpc) is 3.32. The Kier molecular flexibility index (Phi) is 9.97. The zero-order valence-corrected chi connectivity index (χ0v) is 25.1. The van der Waals surface area contributed by atoms with Gasteiger partial charge in [0, 0.05) is 18.4 Å². The summed E-state index contributed by atoms with van der Waals surface area (Å²) in [5.41, 5.74) is -1.85. The molecule has 0 bridgehead atoms. The van der Waals surface area contributed by atoms with Crippen LogP contribution < -0.4 is 30.1 Å². The normalized spacial score (nSPS) is 17.1. The zero-order chi connectivity index (χ0) is 35.0. The van der Waals surface area contributed by atoms with Gasteiger partial charge in [-0.1, -0.05) is 0 Å². The van der Waals surface area contributed by atoms with Gasteiger partial charge < -0.3 is 25.3 Å². The maximum Gasteiger partial charge on any atom is 0.427 e. The Morgan fingerprint density at radius 2 is 1.76 bits per heavy atom. The fourth-order valence-electron chi connectivity index (χ4n) is 3.68. The van der Waals surface area contributed by atoms with Crippen LogP contribution in [-0.2, 0) is 26.1 Å². The van der Waals surface area contributed by atoms with Gasteiger partial charge in [0.1, 0.15) is 11.9 Å². The number of nitrogens with two attached hydrogens (primary N) is 1. The summed E-state index contributed by atoms with van der Waals surface area (Å²) in [6.07, 6.45) is -12.2. The maximum absolute atomic E-state index is 13.9. The molecule has 1 aromatic carbocycles.